The van der Waals surface area contributed by atoms with Crippen LogP contribution in [-0.2, 0) is 0 Å². The molecule has 3 N–H and O–H groups in total. The highest BCUT2D eigenvalue weighted by molar-refractivity contribution is 5.92. The Hall–Kier alpha value is -1.29. The van der Waals surface area contributed by atoms with Gasteiger partial charge in [-0.3, -0.25) is 4.79 Å². The number of rotatable bonds is 3. The summed E-state index contributed by atoms with van der Waals surface area (Å²) in [7, 11) is 0. The number of carbonyl (C=O) groups is 1. The van der Waals surface area contributed by atoms with E-state index >= 15 is 0 Å². The molecule has 2 rings (SSSR count). The first-order valence-corrected chi connectivity index (χ1v) is 6.65. The summed E-state index contributed by atoms with van der Waals surface area (Å²) in [6, 6.07) is 3.36. The number of hydrogen-bond acceptors (Lipinski definition) is 3. The first kappa shape index (κ1) is 15.8. The van der Waals surface area contributed by atoms with Crippen molar-refractivity contribution in [3.05, 3.63) is 24.0 Å². The Morgan fingerprint density at radius 3 is 2.89 bits per heavy atom. The number of anilines is 1. The van der Waals surface area contributed by atoms with Gasteiger partial charge in [0, 0.05) is 6.54 Å². The zero-order valence-electron chi connectivity index (χ0n) is 11.3. The summed E-state index contributed by atoms with van der Waals surface area (Å²) < 4.78 is 0. The SMILES string of the molecule is CC1CCCC(CNC(=O)c2ccc(N)cn2)C1.Cl. The molecule has 1 aliphatic rings. The molecule has 0 radical (unpaired) electrons. The van der Waals surface area contributed by atoms with E-state index in [1.54, 1.807) is 12.1 Å². The van der Waals surface area contributed by atoms with E-state index < -0.39 is 0 Å². The topological polar surface area (TPSA) is 68.0 Å². The molecule has 1 aliphatic carbocycles. The number of aromatic nitrogens is 1. The van der Waals surface area contributed by atoms with Crippen molar-refractivity contribution in [2.45, 2.75) is 32.6 Å². The molecular weight excluding hydrogens is 262 g/mol. The molecule has 4 nitrogen and oxygen atoms in total. The van der Waals surface area contributed by atoms with Gasteiger partial charge in [0.25, 0.3) is 5.91 Å². The quantitative estimate of drug-likeness (QED) is 0.896. The largest absolute Gasteiger partial charge is 0.397 e. The van der Waals surface area contributed by atoms with Gasteiger partial charge in [-0.15, -0.1) is 12.4 Å². The van der Waals surface area contributed by atoms with Crippen molar-refractivity contribution in [2.24, 2.45) is 11.8 Å². The van der Waals surface area contributed by atoms with Crippen LogP contribution in [0.1, 0.15) is 43.1 Å². The predicted molar refractivity (Wildman–Crippen MR) is 79.4 cm³/mol. The van der Waals surface area contributed by atoms with E-state index in [0.29, 0.717) is 17.3 Å². The maximum Gasteiger partial charge on any atom is 0.269 e. The first-order chi connectivity index (χ1) is 8.65. The average Bonchev–Trinajstić information content (AvgIpc) is 2.37. The van der Waals surface area contributed by atoms with Crippen LogP contribution in [0.4, 0.5) is 5.69 Å². The number of nitrogens with one attached hydrogen (secondary N) is 1. The number of nitrogens with zero attached hydrogens (tertiary/aromatic N) is 1. The van der Waals surface area contributed by atoms with Crippen LogP contribution in [-0.4, -0.2) is 17.4 Å². The minimum Gasteiger partial charge on any atom is -0.397 e. The van der Waals surface area contributed by atoms with Crippen LogP contribution in [0.25, 0.3) is 0 Å². The Bertz CT molecular complexity index is 408. The van der Waals surface area contributed by atoms with Crippen LogP contribution >= 0.6 is 12.4 Å². The lowest BCUT2D eigenvalue weighted by Gasteiger charge is -2.26. The molecule has 19 heavy (non-hydrogen) atoms. The molecule has 1 saturated carbocycles. The van der Waals surface area contributed by atoms with Crippen LogP contribution < -0.4 is 11.1 Å². The number of hydrogen-bond donors (Lipinski definition) is 2. The molecule has 0 aliphatic heterocycles. The summed E-state index contributed by atoms with van der Waals surface area (Å²) >= 11 is 0. The lowest BCUT2D eigenvalue weighted by molar-refractivity contribution is 0.0936. The summed E-state index contributed by atoms with van der Waals surface area (Å²) in [4.78, 5) is 15.9. The minimum absolute atomic E-state index is 0. The first-order valence-electron chi connectivity index (χ1n) is 6.65. The molecule has 1 heterocycles. The van der Waals surface area contributed by atoms with Crippen molar-refractivity contribution < 1.29 is 4.79 Å². The number of nitrogen functional groups attached to an aromatic ring is 1. The van der Waals surface area contributed by atoms with Gasteiger partial charge in [0.15, 0.2) is 0 Å². The Morgan fingerprint density at radius 2 is 2.26 bits per heavy atom. The molecule has 0 saturated heterocycles. The second kappa shape index (κ2) is 7.34. The fourth-order valence-corrected chi connectivity index (χ4v) is 2.61. The van der Waals surface area contributed by atoms with E-state index in [0.717, 1.165) is 12.5 Å². The smallest absolute Gasteiger partial charge is 0.269 e. The Morgan fingerprint density at radius 1 is 1.47 bits per heavy atom. The third-order valence-electron chi connectivity index (χ3n) is 3.62. The van der Waals surface area contributed by atoms with Crippen molar-refractivity contribution in [1.29, 1.82) is 0 Å². The summed E-state index contributed by atoms with van der Waals surface area (Å²) in [5, 5.41) is 2.97. The molecule has 1 aromatic heterocycles. The number of halogens is 1. The van der Waals surface area contributed by atoms with E-state index in [-0.39, 0.29) is 18.3 Å². The molecular formula is C14H22ClN3O. The second-order valence-corrected chi connectivity index (χ2v) is 5.32. The van der Waals surface area contributed by atoms with Crippen LogP contribution in [0.2, 0.25) is 0 Å². The number of carbonyl (C=O) groups excluding carboxylic acids is 1. The molecule has 2 atom stereocenters. The highest BCUT2D eigenvalue weighted by Gasteiger charge is 2.19. The van der Waals surface area contributed by atoms with Gasteiger partial charge in [0.1, 0.15) is 5.69 Å². The number of nitrogens with two attached hydrogens (primary N) is 1. The van der Waals surface area contributed by atoms with Gasteiger partial charge < -0.3 is 11.1 Å². The lowest BCUT2D eigenvalue weighted by atomic mass is 9.82. The Balaban J connectivity index is 0.00000180. The van der Waals surface area contributed by atoms with Gasteiger partial charge in [-0.2, -0.15) is 0 Å². The maximum atomic E-state index is 11.9. The molecule has 5 heteroatoms. The van der Waals surface area contributed by atoms with Crippen molar-refractivity contribution in [3.63, 3.8) is 0 Å². The Labute approximate surface area is 120 Å². The van der Waals surface area contributed by atoms with E-state index in [2.05, 4.69) is 17.2 Å². The zero-order chi connectivity index (χ0) is 13.0. The summed E-state index contributed by atoms with van der Waals surface area (Å²) in [5.41, 5.74) is 6.55. The lowest BCUT2D eigenvalue weighted by Crippen LogP contribution is -2.31. The predicted octanol–water partition coefficient (Wildman–Crippen LogP) is 2.64. The van der Waals surface area contributed by atoms with Crippen molar-refractivity contribution >= 4 is 24.0 Å². The zero-order valence-corrected chi connectivity index (χ0v) is 12.1. The molecule has 106 valence electrons. The van der Waals surface area contributed by atoms with Crippen molar-refractivity contribution in [3.8, 4) is 0 Å². The highest BCUT2D eigenvalue weighted by atomic mass is 35.5. The van der Waals surface area contributed by atoms with E-state index in [1.165, 1.54) is 31.9 Å². The minimum atomic E-state index is -0.103. The van der Waals surface area contributed by atoms with Crippen LogP contribution in [0, 0.1) is 11.8 Å². The second-order valence-electron chi connectivity index (χ2n) is 5.32. The summed E-state index contributed by atoms with van der Waals surface area (Å²) in [6.45, 7) is 3.05. The molecule has 0 spiro atoms. The number of pyridine rings is 1. The third kappa shape index (κ3) is 4.71. The van der Waals surface area contributed by atoms with E-state index in [4.69, 9.17) is 5.73 Å². The van der Waals surface area contributed by atoms with Gasteiger partial charge in [-0.1, -0.05) is 19.8 Å². The van der Waals surface area contributed by atoms with Gasteiger partial charge in [-0.05, 0) is 36.8 Å². The average molecular weight is 284 g/mol. The van der Waals surface area contributed by atoms with Gasteiger partial charge in [0.05, 0.1) is 11.9 Å². The van der Waals surface area contributed by atoms with E-state index in [1.807, 2.05) is 0 Å². The Kier molecular flexibility index (Phi) is 6.09. The van der Waals surface area contributed by atoms with Crippen molar-refractivity contribution in [1.82, 2.24) is 10.3 Å². The van der Waals surface area contributed by atoms with E-state index in [9.17, 15) is 4.79 Å². The molecule has 1 aromatic rings. The number of amides is 1. The van der Waals surface area contributed by atoms with Gasteiger partial charge in [-0.25, -0.2) is 4.98 Å². The van der Waals surface area contributed by atoms with Crippen LogP contribution in [0.15, 0.2) is 18.3 Å². The fourth-order valence-electron chi connectivity index (χ4n) is 2.61. The van der Waals surface area contributed by atoms with Crippen LogP contribution in [0.3, 0.4) is 0 Å². The molecule has 0 bridgehead atoms. The summed E-state index contributed by atoms with van der Waals surface area (Å²) in [6.07, 6.45) is 6.55. The standard InChI is InChI=1S/C14H21N3O.ClH/c1-10-3-2-4-11(7-10)8-17-14(18)13-6-5-12(15)9-16-13;/h5-6,9-11H,2-4,7-8,15H2,1H3,(H,17,18);1H. The summed E-state index contributed by atoms with van der Waals surface area (Å²) in [5.74, 6) is 1.30. The van der Waals surface area contributed by atoms with Gasteiger partial charge >= 0.3 is 0 Å². The normalized spacial score (nSPS) is 22.4. The molecule has 1 amide bonds. The van der Waals surface area contributed by atoms with Crippen LogP contribution in [0.5, 0.6) is 0 Å². The monoisotopic (exact) mass is 283 g/mol. The highest BCUT2D eigenvalue weighted by Crippen LogP contribution is 2.27. The fraction of sp³-hybridized carbons (Fsp3) is 0.571. The maximum absolute atomic E-state index is 11.9. The third-order valence-corrected chi connectivity index (χ3v) is 3.62. The molecule has 2 unspecified atom stereocenters. The molecule has 0 aromatic carbocycles. The van der Waals surface area contributed by atoms with Crippen molar-refractivity contribution in [2.75, 3.05) is 12.3 Å². The molecule has 1 fully saturated rings. The van der Waals surface area contributed by atoms with Gasteiger partial charge in [0.2, 0.25) is 0 Å².